The maximum absolute atomic E-state index is 12.9. The monoisotopic (exact) mass is 515 g/mol. The van der Waals surface area contributed by atoms with Crippen LogP contribution >= 0.6 is 15.9 Å². The molecule has 1 unspecified atom stereocenters. The molecule has 0 spiro atoms. The Morgan fingerprint density at radius 1 is 1.06 bits per heavy atom. The lowest BCUT2D eigenvalue weighted by molar-refractivity contribution is -0.117. The van der Waals surface area contributed by atoms with E-state index in [1.165, 1.54) is 0 Å². The highest BCUT2D eigenvalue weighted by Gasteiger charge is 2.34. The molecule has 0 bridgehead atoms. The molecule has 0 aliphatic carbocycles. The highest BCUT2D eigenvalue weighted by Crippen LogP contribution is 2.33. The van der Waals surface area contributed by atoms with E-state index in [4.69, 9.17) is 9.72 Å². The number of hydrogen-bond donors (Lipinski definition) is 0. The largest absolute Gasteiger partial charge is 0.491 e. The smallest absolute Gasteiger partial charge is 0.227 e. The Morgan fingerprint density at radius 2 is 1.82 bits per heavy atom. The third-order valence-corrected chi connectivity index (χ3v) is 6.75. The first kappa shape index (κ1) is 22.4. The van der Waals surface area contributed by atoms with Crippen LogP contribution in [-0.4, -0.2) is 28.6 Å². The molecule has 34 heavy (non-hydrogen) atoms. The van der Waals surface area contributed by atoms with Gasteiger partial charge in [0, 0.05) is 29.0 Å². The Bertz CT molecular complexity index is 1330. The quantitative estimate of drug-likeness (QED) is 0.265. The van der Waals surface area contributed by atoms with Crippen molar-refractivity contribution in [3.05, 3.63) is 101 Å². The Kier molecular flexibility index (Phi) is 6.50. The second kappa shape index (κ2) is 9.85. The summed E-state index contributed by atoms with van der Waals surface area (Å²) < 4.78 is 9.39. The lowest BCUT2D eigenvalue weighted by atomic mass is 10.1. The number of para-hydroxylation sites is 3. The van der Waals surface area contributed by atoms with Crippen LogP contribution in [0.25, 0.3) is 11.0 Å². The third kappa shape index (κ3) is 4.50. The van der Waals surface area contributed by atoms with Crippen LogP contribution < -0.4 is 9.64 Å². The van der Waals surface area contributed by atoms with Crippen molar-refractivity contribution >= 4 is 38.6 Å². The summed E-state index contributed by atoms with van der Waals surface area (Å²) in [6.45, 7) is 5.63. The number of imidazole rings is 1. The van der Waals surface area contributed by atoms with Crippen LogP contribution in [0.1, 0.15) is 23.7 Å². The van der Waals surface area contributed by atoms with E-state index in [-0.39, 0.29) is 11.8 Å². The fourth-order valence-corrected chi connectivity index (χ4v) is 4.87. The molecular weight excluding hydrogens is 490 g/mol. The van der Waals surface area contributed by atoms with Gasteiger partial charge in [0.05, 0.1) is 17.6 Å². The number of hydrogen-bond acceptors (Lipinski definition) is 3. The fraction of sp³-hybridized carbons (Fsp3) is 0.214. The van der Waals surface area contributed by atoms with Crippen LogP contribution in [0.3, 0.4) is 0 Å². The predicted octanol–water partition coefficient (Wildman–Crippen LogP) is 6.13. The summed E-state index contributed by atoms with van der Waals surface area (Å²) in [5.41, 5.74) is 4.05. The molecule has 1 aliphatic rings. The fourth-order valence-electron chi connectivity index (χ4n) is 4.61. The first-order valence-electron chi connectivity index (χ1n) is 11.5. The van der Waals surface area contributed by atoms with Crippen LogP contribution in [0, 0.1) is 0 Å². The van der Waals surface area contributed by atoms with Crippen LogP contribution in [0.15, 0.2) is 89.9 Å². The Labute approximate surface area is 207 Å². The van der Waals surface area contributed by atoms with Gasteiger partial charge in [0.15, 0.2) is 0 Å². The van der Waals surface area contributed by atoms with Crippen molar-refractivity contribution in [2.24, 2.45) is 0 Å². The van der Waals surface area contributed by atoms with Gasteiger partial charge in [-0.15, -0.1) is 6.58 Å². The maximum Gasteiger partial charge on any atom is 0.227 e. The molecule has 0 N–H and O–H groups in total. The number of nitrogens with zero attached hydrogens (tertiary/aromatic N) is 3. The van der Waals surface area contributed by atoms with Crippen LogP contribution in [-0.2, 0) is 17.8 Å². The second-order valence-corrected chi connectivity index (χ2v) is 9.36. The number of aromatic nitrogens is 2. The van der Waals surface area contributed by atoms with Crippen LogP contribution in [0.4, 0.5) is 5.69 Å². The number of rotatable bonds is 8. The summed E-state index contributed by atoms with van der Waals surface area (Å²) in [6, 6.07) is 24.1. The molecule has 172 valence electrons. The number of anilines is 1. The van der Waals surface area contributed by atoms with E-state index >= 15 is 0 Å². The zero-order valence-corrected chi connectivity index (χ0v) is 20.4. The Hall–Kier alpha value is -3.38. The number of benzene rings is 3. The molecule has 4 aromatic rings. The average molecular weight is 516 g/mol. The molecule has 1 aromatic heterocycles. The minimum atomic E-state index is 0.0246. The van der Waals surface area contributed by atoms with Gasteiger partial charge < -0.3 is 14.2 Å². The van der Waals surface area contributed by atoms with Gasteiger partial charge in [-0.25, -0.2) is 4.98 Å². The van der Waals surface area contributed by atoms with Gasteiger partial charge in [-0.1, -0.05) is 52.3 Å². The van der Waals surface area contributed by atoms with Gasteiger partial charge in [-0.2, -0.15) is 0 Å². The van der Waals surface area contributed by atoms with Gasteiger partial charge in [0.25, 0.3) is 0 Å². The van der Waals surface area contributed by atoms with Crippen molar-refractivity contribution in [1.29, 1.82) is 0 Å². The SMILES string of the molecule is C=CCc1ccccc1OCCn1c(C2CC(=O)N(c3ccc(Br)cc3)C2)nc2ccccc21. The summed E-state index contributed by atoms with van der Waals surface area (Å²) >= 11 is 3.47. The Balaban J connectivity index is 1.39. The summed E-state index contributed by atoms with van der Waals surface area (Å²) in [6.07, 6.45) is 3.10. The summed E-state index contributed by atoms with van der Waals surface area (Å²) in [7, 11) is 0. The van der Waals surface area contributed by atoms with Gasteiger partial charge in [0.2, 0.25) is 5.91 Å². The molecule has 5 nitrogen and oxygen atoms in total. The van der Waals surface area contributed by atoms with Crippen molar-refractivity contribution in [2.75, 3.05) is 18.1 Å². The number of amides is 1. The van der Waals surface area contributed by atoms with Crippen molar-refractivity contribution in [1.82, 2.24) is 9.55 Å². The molecule has 6 heteroatoms. The van der Waals surface area contributed by atoms with Crippen molar-refractivity contribution in [3.8, 4) is 5.75 Å². The molecule has 2 heterocycles. The van der Waals surface area contributed by atoms with E-state index in [0.29, 0.717) is 26.1 Å². The van der Waals surface area contributed by atoms with Gasteiger partial charge in [-0.05, 0) is 54.4 Å². The minimum absolute atomic E-state index is 0.0246. The molecular formula is C28H26BrN3O2. The first-order chi connectivity index (χ1) is 16.6. The molecule has 1 fully saturated rings. The number of fused-ring (bicyclic) bond motifs is 1. The number of carbonyl (C=O) groups excluding carboxylic acids is 1. The molecule has 5 rings (SSSR count). The van der Waals surface area contributed by atoms with Crippen molar-refractivity contribution in [3.63, 3.8) is 0 Å². The molecule has 0 saturated carbocycles. The molecule has 0 radical (unpaired) electrons. The zero-order valence-electron chi connectivity index (χ0n) is 18.9. The van der Waals surface area contributed by atoms with E-state index in [1.54, 1.807) is 0 Å². The molecule has 1 atom stereocenters. The molecule has 1 aliphatic heterocycles. The van der Waals surface area contributed by atoms with Crippen LogP contribution in [0.5, 0.6) is 5.75 Å². The number of halogens is 1. The molecule has 1 amide bonds. The van der Waals surface area contributed by atoms with E-state index < -0.39 is 0 Å². The minimum Gasteiger partial charge on any atom is -0.491 e. The van der Waals surface area contributed by atoms with E-state index in [0.717, 1.165) is 44.8 Å². The van der Waals surface area contributed by atoms with E-state index in [1.807, 2.05) is 71.6 Å². The lowest BCUT2D eigenvalue weighted by Crippen LogP contribution is -2.24. The predicted molar refractivity (Wildman–Crippen MR) is 139 cm³/mol. The lowest BCUT2D eigenvalue weighted by Gasteiger charge is -2.18. The van der Waals surface area contributed by atoms with Crippen molar-refractivity contribution < 1.29 is 9.53 Å². The van der Waals surface area contributed by atoms with E-state index in [9.17, 15) is 4.79 Å². The maximum atomic E-state index is 12.9. The summed E-state index contributed by atoms with van der Waals surface area (Å²) in [4.78, 5) is 19.7. The molecule has 3 aromatic carbocycles. The van der Waals surface area contributed by atoms with Crippen LogP contribution in [0.2, 0.25) is 0 Å². The number of carbonyl (C=O) groups is 1. The number of ether oxygens (including phenoxy) is 1. The summed E-state index contributed by atoms with van der Waals surface area (Å²) in [5, 5.41) is 0. The van der Waals surface area contributed by atoms with E-state index in [2.05, 4.69) is 39.2 Å². The highest BCUT2D eigenvalue weighted by molar-refractivity contribution is 9.10. The molecule has 1 saturated heterocycles. The van der Waals surface area contributed by atoms with Gasteiger partial charge in [-0.3, -0.25) is 4.79 Å². The topological polar surface area (TPSA) is 47.4 Å². The first-order valence-corrected chi connectivity index (χ1v) is 12.3. The highest BCUT2D eigenvalue weighted by atomic mass is 79.9. The zero-order chi connectivity index (χ0) is 23.5. The van der Waals surface area contributed by atoms with Gasteiger partial charge >= 0.3 is 0 Å². The average Bonchev–Trinajstić information content (AvgIpc) is 3.41. The van der Waals surface area contributed by atoms with Gasteiger partial charge in [0.1, 0.15) is 18.2 Å². The standard InChI is InChI=1S/C28H26BrN3O2/c1-2-7-20-8-3-6-11-26(20)34-17-16-31-25-10-5-4-9-24(25)30-28(31)21-18-27(33)32(19-21)23-14-12-22(29)13-15-23/h2-6,8-15,21H,1,7,16-19H2. The number of allylic oxidation sites excluding steroid dienone is 1. The van der Waals surface area contributed by atoms with Crippen molar-refractivity contribution in [2.45, 2.75) is 25.3 Å². The third-order valence-electron chi connectivity index (χ3n) is 6.22. The Morgan fingerprint density at radius 3 is 2.65 bits per heavy atom. The summed E-state index contributed by atoms with van der Waals surface area (Å²) in [5.74, 6) is 1.97. The normalized spacial score (nSPS) is 15.7. The second-order valence-electron chi connectivity index (χ2n) is 8.44.